The Kier molecular flexibility index (Phi) is 4.76. The molecule has 24 heavy (non-hydrogen) atoms. The average Bonchev–Trinajstić information content (AvgIpc) is 2.61. The minimum Gasteiger partial charge on any atom is -0.476 e. The van der Waals surface area contributed by atoms with Crippen LogP contribution in [0.2, 0.25) is 0 Å². The number of benzene rings is 1. The summed E-state index contributed by atoms with van der Waals surface area (Å²) < 4.78 is 5.56. The zero-order valence-corrected chi connectivity index (χ0v) is 13.7. The van der Waals surface area contributed by atoms with Crippen molar-refractivity contribution in [1.82, 2.24) is 9.97 Å². The van der Waals surface area contributed by atoms with E-state index in [1.165, 1.54) is 23.5 Å². The quantitative estimate of drug-likeness (QED) is 0.878. The van der Waals surface area contributed by atoms with Crippen LogP contribution in [0.15, 0.2) is 36.7 Å². The number of nitrogens with one attached hydrogen (secondary N) is 1. The summed E-state index contributed by atoms with van der Waals surface area (Å²) in [4.78, 5) is 18.9. The zero-order chi connectivity index (χ0) is 17.0. The number of hydrogen-bond acceptors (Lipinski definition) is 5. The van der Waals surface area contributed by atoms with Crippen LogP contribution in [0.4, 0.5) is 5.82 Å². The summed E-state index contributed by atoms with van der Waals surface area (Å²) in [5.41, 5.74) is 2.53. The van der Waals surface area contributed by atoms with Gasteiger partial charge in [0, 0.05) is 25.2 Å². The molecule has 1 saturated heterocycles. The number of aryl methyl sites for hydroxylation is 1. The molecule has 2 N–H and O–H groups in total. The first-order valence-corrected chi connectivity index (χ1v) is 8.04. The molecule has 0 unspecified atom stereocenters. The van der Waals surface area contributed by atoms with Gasteiger partial charge in [-0.2, -0.15) is 0 Å². The molecule has 1 aromatic carbocycles. The maximum absolute atomic E-state index is 10.9. The number of nitrogens with zero attached hydrogens (tertiary/aromatic N) is 2. The van der Waals surface area contributed by atoms with Crippen LogP contribution in [-0.2, 0) is 10.2 Å². The summed E-state index contributed by atoms with van der Waals surface area (Å²) in [6, 6.07) is 8.44. The predicted octanol–water partition coefficient (Wildman–Crippen LogP) is 2.64. The van der Waals surface area contributed by atoms with Crippen molar-refractivity contribution in [1.29, 1.82) is 0 Å². The molecule has 0 spiro atoms. The normalized spacial score (nSPS) is 16.5. The predicted molar refractivity (Wildman–Crippen MR) is 90.4 cm³/mol. The summed E-state index contributed by atoms with van der Waals surface area (Å²) in [5, 5.41) is 12.2. The third-order valence-electron chi connectivity index (χ3n) is 4.65. The van der Waals surface area contributed by atoms with E-state index in [1.807, 2.05) is 0 Å². The summed E-state index contributed by atoms with van der Waals surface area (Å²) in [6.45, 7) is 4.32. The molecule has 0 saturated carbocycles. The molecule has 2 heterocycles. The van der Waals surface area contributed by atoms with Gasteiger partial charge in [0.1, 0.15) is 5.82 Å². The first-order valence-electron chi connectivity index (χ1n) is 8.04. The van der Waals surface area contributed by atoms with E-state index in [9.17, 15) is 4.79 Å². The molecule has 0 radical (unpaired) electrons. The van der Waals surface area contributed by atoms with Crippen LogP contribution >= 0.6 is 0 Å². The summed E-state index contributed by atoms with van der Waals surface area (Å²) in [7, 11) is 0. The SMILES string of the molecule is Cc1ccccc1C1(CNc2cnc(C(=O)O)cn2)CCOCC1. The van der Waals surface area contributed by atoms with Gasteiger partial charge in [-0.3, -0.25) is 0 Å². The third kappa shape index (κ3) is 3.38. The number of anilines is 1. The standard InChI is InChI=1S/C18H21N3O3/c1-13-4-2-3-5-14(13)18(6-8-24-9-7-18)12-21-16-11-19-15(10-20-16)17(22)23/h2-5,10-11H,6-9,12H2,1H3,(H,20,21)(H,22,23). The number of carbonyl (C=O) groups is 1. The van der Waals surface area contributed by atoms with E-state index >= 15 is 0 Å². The highest BCUT2D eigenvalue weighted by Crippen LogP contribution is 2.36. The van der Waals surface area contributed by atoms with Crippen molar-refractivity contribution < 1.29 is 14.6 Å². The smallest absolute Gasteiger partial charge is 0.356 e. The Morgan fingerprint density at radius 3 is 2.62 bits per heavy atom. The molecule has 0 aliphatic carbocycles. The number of hydrogen-bond donors (Lipinski definition) is 2. The van der Waals surface area contributed by atoms with Gasteiger partial charge in [-0.05, 0) is 30.9 Å². The van der Waals surface area contributed by atoms with Gasteiger partial charge in [-0.15, -0.1) is 0 Å². The van der Waals surface area contributed by atoms with Gasteiger partial charge >= 0.3 is 5.97 Å². The molecule has 2 aromatic rings. The van der Waals surface area contributed by atoms with Crippen molar-refractivity contribution in [2.24, 2.45) is 0 Å². The summed E-state index contributed by atoms with van der Waals surface area (Å²) >= 11 is 0. The minimum absolute atomic E-state index is 0.0171. The summed E-state index contributed by atoms with van der Waals surface area (Å²) in [5.74, 6) is -0.491. The number of carboxylic acid groups (broad SMARTS) is 1. The van der Waals surface area contributed by atoms with Gasteiger partial charge < -0.3 is 15.2 Å². The van der Waals surface area contributed by atoms with Crippen LogP contribution in [0.25, 0.3) is 0 Å². The average molecular weight is 327 g/mol. The molecule has 126 valence electrons. The maximum Gasteiger partial charge on any atom is 0.356 e. The zero-order valence-electron chi connectivity index (χ0n) is 13.7. The molecule has 0 bridgehead atoms. The van der Waals surface area contributed by atoms with E-state index < -0.39 is 5.97 Å². The van der Waals surface area contributed by atoms with Crippen LogP contribution in [-0.4, -0.2) is 40.8 Å². The number of rotatable bonds is 5. The van der Waals surface area contributed by atoms with E-state index in [2.05, 4.69) is 46.5 Å². The molecular weight excluding hydrogens is 306 g/mol. The topological polar surface area (TPSA) is 84.3 Å². The van der Waals surface area contributed by atoms with Gasteiger partial charge in [-0.1, -0.05) is 24.3 Å². The van der Waals surface area contributed by atoms with Gasteiger partial charge in [0.15, 0.2) is 5.69 Å². The van der Waals surface area contributed by atoms with Crippen molar-refractivity contribution in [3.63, 3.8) is 0 Å². The van der Waals surface area contributed by atoms with Crippen molar-refractivity contribution in [2.75, 3.05) is 25.1 Å². The Labute approximate surface area is 140 Å². The first kappa shape index (κ1) is 16.4. The van der Waals surface area contributed by atoms with Crippen molar-refractivity contribution in [3.8, 4) is 0 Å². The van der Waals surface area contributed by atoms with Gasteiger partial charge in [-0.25, -0.2) is 14.8 Å². The highest BCUT2D eigenvalue weighted by molar-refractivity contribution is 5.84. The van der Waals surface area contributed by atoms with Crippen LogP contribution in [0.5, 0.6) is 0 Å². The molecule has 6 heteroatoms. The van der Waals surface area contributed by atoms with E-state index in [1.54, 1.807) is 0 Å². The Balaban J connectivity index is 1.80. The van der Waals surface area contributed by atoms with E-state index in [4.69, 9.17) is 9.84 Å². The third-order valence-corrected chi connectivity index (χ3v) is 4.65. The van der Waals surface area contributed by atoms with Gasteiger partial charge in [0.05, 0.1) is 12.4 Å². The second-order valence-corrected chi connectivity index (χ2v) is 6.15. The molecule has 1 aromatic heterocycles. The lowest BCUT2D eigenvalue weighted by molar-refractivity contribution is 0.0541. The highest BCUT2D eigenvalue weighted by atomic mass is 16.5. The fourth-order valence-electron chi connectivity index (χ4n) is 3.26. The second kappa shape index (κ2) is 6.97. The second-order valence-electron chi connectivity index (χ2n) is 6.15. The fourth-order valence-corrected chi connectivity index (χ4v) is 3.26. The van der Waals surface area contributed by atoms with Crippen molar-refractivity contribution >= 4 is 11.8 Å². The van der Waals surface area contributed by atoms with Crippen molar-refractivity contribution in [3.05, 3.63) is 53.5 Å². The number of aromatic nitrogens is 2. The van der Waals surface area contributed by atoms with Crippen molar-refractivity contribution in [2.45, 2.75) is 25.2 Å². The number of ether oxygens (including phenoxy) is 1. The Morgan fingerprint density at radius 1 is 1.25 bits per heavy atom. The molecule has 6 nitrogen and oxygen atoms in total. The van der Waals surface area contributed by atoms with E-state index in [0.717, 1.165) is 26.1 Å². The maximum atomic E-state index is 10.9. The molecule has 0 atom stereocenters. The fraction of sp³-hybridized carbons (Fsp3) is 0.389. The molecule has 1 fully saturated rings. The molecular formula is C18H21N3O3. The lowest BCUT2D eigenvalue weighted by Crippen LogP contribution is -2.40. The number of carboxylic acids is 1. The van der Waals surface area contributed by atoms with Gasteiger partial charge in [0.2, 0.25) is 0 Å². The van der Waals surface area contributed by atoms with E-state index in [-0.39, 0.29) is 11.1 Å². The molecule has 0 amide bonds. The molecule has 3 rings (SSSR count). The molecule has 1 aliphatic heterocycles. The lowest BCUT2D eigenvalue weighted by Gasteiger charge is -2.39. The Bertz CT molecular complexity index is 710. The van der Waals surface area contributed by atoms with Gasteiger partial charge in [0.25, 0.3) is 0 Å². The highest BCUT2D eigenvalue weighted by Gasteiger charge is 2.35. The number of aromatic carboxylic acids is 1. The van der Waals surface area contributed by atoms with Crippen LogP contribution in [0.3, 0.4) is 0 Å². The van der Waals surface area contributed by atoms with Crippen LogP contribution in [0.1, 0.15) is 34.5 Å². The molecule has 1 aliphatic rings. The largest absolute Gasteiger partial charge is 0.476 e. The van der Waals surface area contributed by atoms with Crippen LogP contribution in [0, 0.1) is 6.92 Å². The lowest BCUT2D eigenvalue weighted by atomic mass is 9.72. The van der Waals surface area contributed by atoms with Crippen LogP contribution < -0.4 is 5.32 Å². The summed E-state index contributed by atoms with van der Waals surface area (Å²) in [6.07, 6.45) is 4.61. The van der Waals surface area contributed by atoms with E-state index in [0.29, 0.717) is 12.4 Å². The minimum atomic E-state index is -1.07. The first-order chi connectivity index (χ1) is 11.6. The Hall–Kier alpha value is -2.47. The monoisotopic (exact) mass is 327 g/mol. The Morgan fingerprint density at radius 2 is 2.00 bits per heavy atom.